The predicted octanol–water partition coefficient (Wildman–Crippen LogP) is 2.79. The largest absolute Gasteiger partial charge is 0.399 e. The molecule has 0 radical (unpaired) electrons. The van der Waals surface area contributed by atoms with Gasteiger partial charge in [-0.3, -0.25) is 4.79 Å². The molecule has 4 nitrogen and oxygen atoms in total. The van der Waals surface area contributed by atoms with Gasteiger partial charge in [-0.1, -0.05) is 29.6 Å². The third-order valence-electron chi connectivity index (χ3n) is 3.46. The van der Waals surface area contributed by atoms with E-state index in [0.29, 0.717) is 22.8 Å². The Bertz CT molecular complexity index is 488. The van der Waals surface area contributed by atoms with Crippen LogP contribution in [-0.4, -0.2) is 37.0 Å². The molecule has 0 spiro atoms. The molecule has 1 amide bonds. The summed E-state index contributed by atoms with van der Waals surface area (Å²) in [5.41, 5.74) is 6.44. The fraction of sp³-hybridized carbons (Fsp3) is 0.500. The molecule has 1 fully saturated rings. The Kier molecular flexibility index (Phi) is 5.52. The first-order valence-corrected chi connectivity index (χ1v) is 7.58. The second-order valence-corrected chi connectivity index (χ2v) is 5.81. The number of likely N-dealkylation sites (tertiary alicyclic amines) is 1. The lowest BCUT2D eigenvalue weighted by Gasteiger charge is -2.26. The molecule has 1 saturated heterocycles. The third kappa shape index (κ3) is 4.01. The molecule has 1 aliphatic heterocycles. The molecule has 1 aliphatic rings. The van der Waals surface area contributed by atoms with Crippen LogP contribution in [0.4, 0.5) is 5.69 Å². The van der Waals surface area contributed by atoms with Gasteiger partial charge in [-0.2, -0.15) is 0 Å². The number of rotatable bonds is 4. The van der Waals surface area contributed by atoms with E-state index in [1.807, 2.05) is 0 Å². The van der Waals surface area contributed by atoms with Gasteiger partial charge < -0.3 is 16.0 Å². The summed E-state index contributed by atoms with van der Waals surface area (Å²) in [6, 6.07) is 3.08. The van der Waals surface area contributed by atoms with E-state index in [1.54, 1.807) is 6.07 Å². The van der Waals surface area contributed by atoms with Gasteiger partial charge in [-0.15, -0.1) is 0 Å². The van der Waals surface area contributed by atoms with E-state index >= 15 is 0 Å². The monoisotopic (exact) mass is 315 g/mol. The number of benzene rings is 1. The minimum Gasteiger partial charge on any atom is -0.399 e. The van der Waals surface area contributed by atoms with Crippen molar-refractivity contribution in [2.24, 2.45) is 0 Å². The number of nitrogens with zero attached hydrogens (tertiary/aromatic N) is 1. The zero-order valence-electron chi connectivity index (χ0n) is 11.3. The van der Waals surface area contributed by atoms with Gasteiger partial charge in [-0.25, -0.2) is 0 Å². The van der Waals surface area contributed by atoms with Crippen LogP contribution in [0.25, 0.3) is 0 Å². The first kappa shape index (κ1) is 15.4. The van der Waals surface area contributed by atoms with E-state index in [-0.39, 0.29) is 10.9 Å². The Morgan fingerprint density at radius 3 is 2.65 bits per heavy atom. The number of halogens is 2. The third-order valence-corrected chi connectivity index (χ3v) is 4.26. The number of carbonyl (C=O) groups excluding carboxylic acids is 1. The van der Waals surface area contributed by atoms with Crippen molar-refractivity contribution < 1.29 is 4.79 Å². The summed E-state index contributed by atoms with van der Waals surface area (Å²) in [6.07, 6.45) is 3.79. The number of piperidine rings is 1. The molecule has 0 bridgehead atoms. The fourth-order valence-corrected chi connectivity index (χ4v) is 2.80. The van der Waals surface area contributed by atoms with Gasteiger partial charge in [0.1, 0.15) is 0 Å². The van der Waals surface area contributed by atoms with E-state index in [4.69, 9.17) is 28.9 Å². The van der Waals surface area contributed by atoms with Crippen molar-refractivity contribution >= 4 is 34.8 Å². The minimum absolute atomic E-state index is 0.235. The molecule has 0 atom stereocenters. The molecule has 2 rings (SSSR count). The number of nitrogen functional groups attached to an aromatic ring is 1. The summed E-state index contributed by atoms with van der Waals surface area (Å²) in [6.45, 7) is 3.68. The highest BCUT2D eigenvalue weighted by molar-refractivity contribution is 6.44. The first-order chi connectivity index (χ1) is 9.58. The van der Waals surface area contributed by atoms with Crippen molar-refractivity contribution in [3.8, 4) is 0 Å². The Hall–Kier alpha value is -0.970. The lowest BCUT2D eigenvalue weighted by Crippen LogP contribution is -2.37. The number of nitrogens with one attached hydrogen (secondary N) is 1. The molecule has 20 heavy (non-hydrogen) atoms. The molecular weight excluding hydrogens is 297 g/mol. The molecule has 0 saturated carbocycles. The molecule has 6 heteroatoms. The van der Waals surface area contributed by atoms with Gasteiger partial charge in [-0.05, 0) is 38.1 Å². The molecule has 0 aliphatic carbocycles. The van der Waals surface area contributed by atoms with Crippen LogP contribution in [0.3, 0.4) is 0 Å². The van der Waals surface area contributed by atoms with Gasteiger partial charge in [0.05, 0.1) is 15.6 Å². The number of carbonyl (C=O) groups is 1. The lowest BCUT2D eigenvalue weighted by molar-refractivity contribution is 0.0947. The second-order valence-electron chi connectivity index (χ2n) is 5.02. The van der Waals surface area contributed by atoms with E-state index < -0.39 is 0 Å². The van der Waals surface area contributed by atoms with Crippen molar-refractivity contribution in [2.75, 3.05) is 31.9 Å². The van der Waals surface area contributed by atoms with Gasteiger partial charge in [0.15, 0.2) is 0 Å². The zero-order chi connectivity index (χ0) is 14.5. The number of hydrogen-bond donors (Lipinski definition) is 2. The molecule has 110 valence electrons. The van der Waals surface area contributed by atoms with Crippen molar-refractivity contribution in [2.45, 2.75) is 19.3 Å². The lowest BCUT2D eigenvalue weighted by atomic mass is 10.1. The Morgan fingerprint density at radius 2 is 1.95 bits per heavy atom. The Morgan fingerprint density at radius 1 is 1.25 bits per heavy atom. The average Bonchev–Trinajstić information content (AvgIpc) is 2.44. The highest BCUT2D eigenvalue weighted by Crippen LogP contribution is 2.28. The number of amides is 1. The topological polar surface area (TPSA) is 58.4 Å². The van der Waals surface area contributed by atoms with Crippen LogP contribution >= 0.6 is 23.2 Å². The second kappa shape index (κ2) is 7.16. The predicted molar refractivity (Wildman–Crippen MR) is 83.5 cm³/mol. The molecule has 3 N–H and O–H groups in total. The maximum atomic E-state index is 12.1. The molecule has 1 aromatic carbocycles. The number of hydrogen-bond acceptors (Lipinski definition) is 3. The standard InChI is InChI=1S/C14H19Cl2N3O/c15-12-9-10(17)8-11(13(12)16)14(20)18-4-7-19-5-2-1-3-6-19/h8-9H,1-7,17H2,(H,18,20). The van der Waals surface area contributed by atoms with Crippen LogP contribution in [0.2, 0.25) is 10.0 Å². The summed E-state index contributed by atoms with van der Waals surface area (Å²) >= 11 is 11.9. The van der Waals surface area contributed by atoms with E-state index in [0.717, 1.165) is 19.6 Å². The molecule has 0 unspecified atom stereocenters. The molecule has 0 aromatic heterocycles. The summed E-state index contributed by atoms with van der Waals surface area (Å²) in [4.78, 5) is 14.4. The number of anilines is 1. The van der Waals surface area contributed by atoms with Crippen molar-refractivity contribution in [3.63, 3.8) is 0 Å². The first-order valence-electron chi connectivity index (χ1n) is 6.83. The van der Waals surface area contributed by atoms with Crippen LogP contribution < -0.4 is 11.1 Å². The SMILES string of the molecule is Nc1cc(Cl)c(Cl)c(C(=O)NCCN2CCCCC2)c1. The fourth-order valence-electron chi connectivity index (χ4n) is 2.38. The van der Waals surface area contributed by atoms with E-state index in [1.165, 1.54) is 25.3 Å². The van der Waals surface area contributed by atoms with E-state index in [9.17, 15) is 4.79 Å². The van der Waals surface area contributed by atoms with Crippen LogP contribution in [-0.2, 0) is 0 Å². The minimum atomic E-state index is -0.235. The van der Waals surface area contributed by atoms with Crippen LogP contribution in [0.5, 0.6) is 0 Å². The molecular formula is C14H19Cl2N3O. The van der Waals surface area contributed by atoms with Crippen LogP contribution in [0, 0.1) is 0 Å². The summed E-state index contributed by atoms with van der Waals surface area (Å²) in [5, 5.41) is 3.41. The van der Waals surface area contributed by atoms with Crippen molar-refractivity contribution in [1.29, 1.82) is 0 Å². The van der Waals surface area contributed by atoms with Gasteiger partial charge in [0.25, 0.3) is 5.91 Å². The van der Waals surface area contributed by atoms with Crippen molar-refractivity contribution in [3.05, 3.63) is 27.7 Å². The average molecular weight is 316 g/mol. The van der Waals surface area contributed by atoms with Crippen molar-refractivity contribution in [1.82, 2.24) is 10.2 Å². The summed E-state index contributed by atoms with van der Waals surface area (Å²) < 4.78 is 0. The van der Waals surface area contributed by atoms with Crippen LogP contribution in [0.1, 0.15) is 29.6 Å². The van der Waals surface area contributed by atoms with Crippen LogP contribution in [0.15, 0.2) is 12.1 Å². The highest BCUT2D eigenvalue weighted by Gasteiger charge is 2.15. The zero-order valence-corrected chi connectivity index (χ0v) is 12.8. The quantitative estimate of drug-likeness (QED) is 0.840. The maximum absolute atomic E-state index is 12.1. The molecule has 1 aromatic rings. The summed E-state index contributed by atoms with van der Waals surface area (Å²) in [5.74, 6) is -0.235. The summed E-state index contributed by atoms with van der Waals surface area (Å²) in [7, 11) is 0. The normalized spacial score (nSPS) is 16.1. The van der Waals surface area contributed by atoms with E-state index in [2.05, 4.69) is 10.2 Å². The van der Waals surface area contributed by atoms with Gasteiger partial charge >= 0.3 is 0 Å². The maximum Gasteiger partial charge on any atom is 0.252 e. The molecule has 1 heterocycles. The Labute approximate surface area is 129 Å². The number of nitrogens with two attached hydrogens (primary N) is 1. The smallest absolute Gasteiger partial charge is 0.252 e. The van der Waals surface area contributed by atoms with Gasteiger partial charge in [0.2, 0.25) is 0 Å². The Balaban J connectivity index is 1.88. The van der Waals surface area contributed by atoms with Gasteiger partial charge in [0, 0.05) is 18.8 Å². The highest BCUT2D eigenvalue weighted by atomic mass is 35.5.